The van der Waals surface area contributed by atoms with Gasteiger partial charge in [-0.05, 0) is 36.8 Å². The van der Waals surface area contributed by atoms with E-state index < -0.39 is 0 Å². The quantitative estimate of drug-likeness (QED) is 0.585. The second-order valence-corrected chi connectivity index (χ2v) is 3.95. The van der Waals surface area contributed by atoms with Crippen molar-refractivity contribution in [3.8, 4) is 0 Å². The minimum absolute atomic E-state index is 0.640. The number of nitrogens with zero attached hydrogens (tertiary/aromatic N) is 2. The summed E-state index contributed by atoms with van der Waals surface area (Å²) in [5.74, 6) is 0. The van der Waals surface area contributed by atoms with E-state index in [0.29, 0.717) is 4.77 Å². The van der Waals surface area contributed by atoms with Crippen LogP contribution in [0.4, 0.5) is 0 Å². The molecule has 0 bridgehead atoms. The summed E-state index contributed by atoms with van der Waals surface area (Å²) in [6.45, 7) is 2.08. The number of aromatic nitrogens is 3. The van der Waals surface area contributed by atoms with Gasteiger partial charge in [0.05, 0.1) is 5.52 Å². The van der Waals surface area contributed by atoms with Crippen molar-refractivity contribution in [3.63, 3.8) is 0 Å². The van der Waals surface area contributed by atoms with Crippen LogP contribution in [-0.2, 0) is 0 Å². The smallest absolute Gasteiger partial charge is 0.200 e. The van der Waals surface area contributed by atoms with Gasteiger partial charge < -0.3 is 0 Å². The molecule has 0 aliphatic carbocycles. The van der Waals surface area contributed by atoms with E-state index in [1.165, 1.54) is 10.9 Å². The highest BCUT2D eigenvalue weighted by atomic mass is 32.1. The van der Waals surface area contributed by atoms with E-state index in [-0.39, 0.29) is 0 Å². The summed E-state index contributed by atoms with van der Waals surface area (Å²) in [6, 6.07) is 10.2. The molecule has 2 heterocycles. The molecule has 0 spiro atoms. The standard InChI is InChI=1S/C11H9N3S/c1-7-6-10-12-13-11(15)14(10)9-5-3-2-4-8(7)9/h2-6H,1H3,(H,13,15). The van der Waals surface area contributed by atoms with Crippen LogP contribution < -0.4 is 0 Å². The van der Waals surface area contributed by atoms with Crippen molar-refractivity contribution in [3.05, 3.63) is 40.7 Å². The van der Waals surface area contributed by atoms with Gasteiger partial charge in [0.2, 0.25) is 0 Å². The molecule has 15 heavy (non-hydrogen) atoms. The number of hydrogen-bond donors (Lipinski definition) is 1. The normalized spacial score (nSPS) is 11.3. The summed E-state index contributed by atoms with van der Waals surface area (Å²) >= 11 is 5.20. The number of aryl methyl sites for hydroxylation is 1. The number of hydrogen-bond acceptors (Lipinski definition) is 2. The van der Waals surface area contributed by atoms with Gasteiger partial charge in [-0.1, -0.05) is 18.2 Å². The monoisotopic (exact) mass is 215 g/mol. The molecule has 3 aromatic rings. The van der Waals surface area contributed by atoms with E-state index in [0.717, 1.165) is 11.2 Å². The van der Waals surface area contributed by atoms with Crippen LogP contribution in [0.15, 0.2) is 30.3 Å². The summed E-state index contributed by atoms with van der Waals surface area (Å²) < 4.78 is 2.60. The highest BCUT2D eigenvalue weighted by Crippen LogP contribution is 2.20. The summed E-state index contributed by atoms with van der Waals surface area (Å²) in [6.07, 6.45) is 0. The molecule has 0 radical (unpaired) electrons. The molecule has 0 amide bonds. The molecule has 1 N–H and O–H groups in total. The molecule has 2 aromatic heterocycles. The van der Waals surface area contributed by atoms with E-state index in [1.807, 2.05) is 22.6 Å². The van der Waals surface area contributed by atoms with Gasteiger partial charge in [0.1, 0.15) is 0 Å². The van der Waals surface area contributed by atoms with Crippen LogP contribution in [0.2, 0.25) is 0 Å². The van der Waals surface area contributed by atoms with E-state index in [2.05, 4.69) is 29.3 Å². The van der Waals surface area contributed by atoms with E-state index in [1.54, 1.807) is 0 Å². The Morgan fingerprint density at radius 1 is 1.33 bits per heavy atom. The lowest BCUT2D eigenvalue weighted by Crippen LogP contribution is -1.90. The van der Waals surface area contributed by atoms with Crippen LogP contribution >= 0.6 is 12.2 Å². The first-order valence-electron chi connectivity index (χ1n) is 4.73. The lowest BCUT2D eigenvalue weighted by atomic mass is 10.1. The molecule has 0 aliphatic heterocycles. The zero-order valence-corrected chi connectivity index (χ0v) is 9.01. The Balaban J connectivity index is 2.74. The lowest BCUT2D eigenvalue weighted by molar-refractivity contribution is 1.09. The van der Waals surface area contributed by atoms with Gasteiger partial charge in [0.25, 0.3) is 0 Å². The highest BCUT2D eigenvalue weighted by Gasteiger charge is 2.04. The average Bonchev–Trinajstić information content (AvgIpc) is 2.61. The van der Waals surface area contributed by atoms with Gasteiger partial charge >= 0.3 is 0 Å². The van der Waals surface area contributed by atoms with Crippen molar-refractivity contribution in [2.45, 2.75) is 6.92 Å². The SMILES string of the molecule is Cc1cc2n[nH]c(=S)n2c2ccccc12. The fourth-order valence-electron chi connectivity index (χ4n) is 1.91. The molecule has 0 unspecified atom stereocenters. The van der Waals surface area contributed by atoms with Crippen molar-refractivity contribution >= 4 is 28.8 Å². The van der Waals surface area contributed by atoms with E-state index >= 15 is 0 Å². The maximum Gasteiger partial charge on any atom is 0.200 e. The zero-order valence-electron chi connectivity index (χ0n) is 8.19. The Morgan fingerprint density at radius 2 is 2.13 bits per heavy atom. The Hall–Kier alpha value is -1.68. The molecule has 0 saturated carbocycles. The first kappa shape index (κ1) is 8.61. The van der Waals surface area contributed by atoms with Crippen LogP contribution in [0.25, 0.3) is 16.6 Å². The number of aromatic amines is 1. The molecular weight excluding hydrogens is 206 g/mol. The van der Waals surface area contributed by atoms with Crippen molar-refractivity contribution in [1.29, 1.82) is 0 Å². The van der Waals surface area contributed by atoms with Gasteiger partial charge in [0, 0.05) is 5.39 Å². The van der Waals surface area contributed by atoms with Gasteiger partial charge in [-0.25, -0.2) is 0 Å². The number of H-pyrrole nitrogens is 1. The third-order valence-electron chi connectivity index (χ3n) is 2.61. The second kappa shape index (κ2) is 2.90. The van der Waals surface area contributed by atoms with Crippen molar-refractivity contribution in [1.82, 2.24) is 14.6 Å². The molecule has 0 fully saturated rings. The molecule has 3 rings (SSSR count). The zero-order chi connectivity index (χ0) is 10.4. The average molecular weight is 215 g/mol. The van der Waals surface area contributed by atoms with Crippen molar-refractivity contribution in [2.75, 3.05) is 0 Å². The Labute approximate surface area is 91.4 Å². The highest BCUT2D eigenvalue weighted by molar-refractivity contribution is 7.71. The minimum atomic E-state index is 0.640. The van der Waals surface area contributed by atoms with Crippen molar-refractivity contribution < 1.29 is 0 Å². The lowest BCUT2D eigenvalue weighted by Gasteiger charge is -2.03. The summed E-state index contributed by atoms with van der Waals surface area (Å²) in [7, 11) is 0. The predicted octanol–water partition coefficient (Wildman–Crippen LogP) is 2.85. The number of rotatable bonds is 0. The fraction of sp³-hybridized carbons (Fsp3) is 0.0909. The molecule has 3 nitrogen and oxygen atoms in total. The number of nitrogens with one attached hydrogen (secondary N) is 1. The van der Waals surface area contributed by atoms with Gasteiger partial charge in [-0.3, -0.25) is 9.50 Å². The van der Waals surface area contributed by atoms with Crippen LogP contribution in [0.5, 0.6) is 0 Å². The van der Waals surface area contributed by atoms with Crippen LogP contribution in [0.3, 0.4) is 0 Å². The van der Waals surface area contributed by atoms with Crippen LogP contribution in [-0.4, -0.2) is 14.6 Å². The Morgan fingerprint density at radius 3 is 3.00 bits per heavy atom. The second-order valence-electron chi connectivity index (χ2n) is 3.57. The van der Waals surface area contributed by atoms with Crippen LogP contribution in [0.1, 0.15) is 5.56 Å². The first-order chi connectivity index (χ1) is 7.27. The minimum Gasteiger partial charge on any atom is -0.268 e. The number of benzene rings is 1. The third kappa shape index (κ3) is 1.11. The largest absolute Gasteiger partial charge is 0.268 e. The van der Waals surface area contributed by atoms with E-state index in [9.17, 15) is 0 Å². The Bertz CT molecular complexity index is 708. The molecular formula is C11H9N3S. The summed E-state index contributed by atoms with van der Waals surface area (Å²) in [5.41, 5.74) is 3.19. The topological polar surface area (TPSA) is 33.1 Å². The van der Waals surface area contributed by atoms with E-state index in [4.69, 9.17) is 12.2 Å². The molecule has 0 atom stereocenters. The maximum atomic E-state index is 5.20. The van der Waals surface area contributed by atoms with Gasteiger partial charge in [-0.2, -0.15) is 5.10 Å². The molecule has 4 heteroatoms. The number of pyridine rings is 1. The first-order valence-corrected chi connectivity index (χ1v) is 5.14. The number of para-hydroxylation sites is 1. The summed E-state index contributed by atoms with van der Waals surface area (Å²) in [5, 5.41) is 8.20. The Kier molecular flexibility index (Phi) is 1.67. The third-order valence-corrected chi connectivity index (χ3v) is 2.89. The summed E-state index contributed by atoms with van der Waals surface area (Å²) in [4.78, 5) is 0. The predicted molar refractivity (Wildman–Crippen MR) is 62.6 cm³/mol. The maximum absolute atomic E-state index is 5.20. The number of fused-ring (bicyclic) bond motifs is 3. The van der Waals surface area contributed by atoms with Gasteiger partial charge in [0.15, 0.2) is 10.4 Å². The molecule has 0 aliphatic rings. The molecule has 0 saturated heterocycles. The fourth-order valence-corrected chi connectivity index (χ4v) is 2.15. The van der Waals surface area contributed by atoms with Crippen molar-refractivity contribution in [2.24, 2.45) is 0 Å². The molecule has 1 aromatic carbocycles. The van der Waals surface area contributed by atoms with Crippen LogP contribution in [0, 0.1) is 11.7 Å². The molecule has 74 valence electrons. The van der Waals surface area contributed by atoms with Gasteiger partial charge in [-0.15, -0.1) is 0 Å².